The lowest BCUT2D eigenvalue weighted by atomic mass is 10.1. The third kappa shape index (κ3) is 3.39. The second kappa shape index (κ2) is 6.26. The molecule has 1 saturated heterocycles. The van der Waals surface area contributed by atoms with Crippen LogP contribution in [0.2, 0.25) is 5.02 Å². The van der Waals surface area contributed by atoms with Crippen molar-refractivity contribution in [1.82, 2.24) is 4.90 Å². The molecule has 0 spiro atoms. The molecule has 1 aliphatic heterocycles. The van der Waals surface area contributed by atoms with Crippen molar-refractivity contribution in [2.24, 2.45) is 0 Å². The van der Waals surface area contributed by atoms with Crippen LogP contribution in [0, 0.1) is 0 Å². The molecule has 1 heterocycles. The fraction of sp³-hybridized carbons (Fsp3) is 0.500. The molecule has 2 rings (SSSR count). The van der Waals surface area contributed by atoms with Crippen LogP contribution in [-0.2, 0) is 0 Å². The Kier molecular flexibility index (Phi) is 4.66. The molecule has 4 nitrogen and oxygen atoms in total. The Morgan fingerprint density at radius 2 is 2.37 bits per heavy atom. The van der Waals surface area contributed by atoms with Crippen LogP contribution in [0.15, 0.2) is 18.2 Å². The van der Waals surface area contributed by atoms with Crippen molar-refractivity contribution in [3.63, 3.8) is 0 Å². The highest BCUT2D eigenvalue weighted by Crippen LogP contribution is 2.27. The monoisotopic (exact) mass is 283 g/mol. The van der Waals surface area contributed by atoms with Crippen LogP contribution >= 0.6 is 11.6 Å². The smallest absolute Gasteiger partial charge is 0.341 e. The van der Waals surface area contributed by atoms with Crippen molar-refractivity contribution in [2.45, 2.75) is 25.3 Å². The Labute approximate surface area is 117 Å². The van der Waals surface area contributed by atoms with E-state index in [0.717, 1.165) is 13.0 Å². The first kappa shape index (κ1) is 14.2. The SMILES string of the molecule is CN1CCCC1CCOc1cccc(Cl)c1C(=O)O. The van der Waals surface area contributed by atoms with E-state index >= 15 is 0 Å². The summed E-state index contributed by atoms with van der Waals surface area (Å²) in [6.45, 7) is 1.64. The first-order chi connectivity index (χ1) is 9.09. The molecular weight excluding hydrogens is 266 g/mol. The first-order valence-corrected chi connectivity index (χ1v) is 6.82. The third-order valence-electron chi connectivity index (χ3n) is 3.57. The zero-order valence-corrected chi connectivity index (χ0v) is 11.7. The van der Waals surface area contributed by atoms with Crippen LogP contribution in [0.1, 0.15) is 29.6 Å². The number of carboxylic acid groups (broad SMARTS) is 1. The van der Waals surface area contributed by atoms with Crippen LogP contribution in [0.4, 0.5) is 0 Å². The summed E-state index contributed by atoms with van der Waals surface area (Å²) in [4.78, 5) is 13.5. The molecule has 19 heavy (non-hydrogen) atoms. The molecule has 0 saturated carbocycles. The molecular formula is C14H18ClNO3. The second-order valence-corrected chi connectivity index (χ2v) is 5.24. The minimum absolute atomic E-state index is 0.0453. The van der Waals surface area contributed by atoms with E-state index in [1.165, 1.54) is 12.8 Å². The number of ether oxygens (including phenoxy) is 1. The number of aromatic carboxylic acids is 1. The Balaban J connectivity index is 1.96. The highest BCUT2D eigenvalue weighted by atomic mass is 35.5. The average Bonchev–Trinajstić information content (AvgIpc) is 2.75. The number of carbonyl (C=O) groups is 1. The van der Waals surface area contributed by atoms with Gasteiger partial charge in [-0.1, -0.05) is 17.7 Å². The number of carboxylic acids is 1. The van der Waals surface area contributed by atoms with Gasteiger partial charge in [-0.05, 0) is 45.0 Å². The van der Waals surface area contributed by atoms with Gasteiger partial charge in [0.15, 0.2) is 0 Å². The number of rotatable bonds is 5. The Hall–Kier alpha value is -1.26. The molecule has 0 radical (unpaired) electrons. The minimum Gasteiger partial charge on any atom is -0.493 e. The highest BCUT2D eigenvalue weighted by Gasteiger charge is 2.21. The molecule has 1 atom stereocenters. The predicted molar refractivity (Wildman–Crippen MR) is 74.2 cm³/mol. The summed E-state index contributed by atoms with van der Waals surface area (Å²) in [6, 6.07) is 5.44. The van der Waals surface area contributed by atoms with Crippen molar-refractivity contribution < 1.29 is 14.6 Å². The summed E-state index contributed by atoms with van der Waals surface area (Å²) in [5.74, 6) is -0.709. The van der Waals surface area contributed by atoms with E-state index in [2.05, 4.69) is 11.9 Å². The lowest BCUT2D eigenvalue weighted by Crippen LogP contribution is -2.26. The van der Waals surface area contributed by atoms with Gasteiger partial charge in [0.1, 0.15) is 11.3 Å². The Bertz CT molecular complexity index is 464. The summed E-state index contributed by atoms with van der Waals surface area (Å²) in [5, 5.41) is 9.34. The van der Waals surface area contributed by atoms with Gasteiger partial charge in [0.25, 0.3) is 0 Å². The van der Waals surface area contributed by atoms with Crippen LogP contribution < -0.4 is 4.74 Å². The van der Waals surface area contributed by atoms with Gasteiger partial charge in [-0.2, -0.15) is 0 Å². The van der Waals surface area contributed by atoms with Crippen molar-refractivity contribution in [3.05, 3.63) is 28.8 Å². The highest BCUT2D eigenvalue weighted by molar-refractivity contribution is 6.33. The third-order valence-corrected chi connectivity index (χ3v) is 3.88. The number of nitrogens with zero attached hydrogens (tertiary/aromatic N) is 1. The normalized spacial score (nSPS) is 19.6. The van der Waals surface area contributed by atoms with E-state index in [-0.39, 0.29) is 10.6 Å². The van der Waals surface area contributed by atoms with Crippen molar-refractivity contribution >= 4 is 17.6 Å². The molecule has 1 aromatic rings. The molecule has 1 fully saturated rings. The molecule has 1 aliphatic rings. The molecule has 0 aromatic heterocycles. The quantitative estimate of drug-likeness (QED) is 0.903. The fourth-order valence-corrected chi connectivity index (χ4v) is 2.73. The lowest BCUT2D eigenvalue weighted by Gasteiger charge is -2.19. The number of hydrogen-bond acceptors (Lipinski definition) is 3. The van der Waals surface area contributed by atoms with Crippen LogP contribution in [0.3, 0.4) is 0 Å². The fourth-order valence-electron chi connectivity index (χ4n) is 2.48. The Morgan fingerprint density at radius 3 is 3.00 bits per heavy atom. The number of benzene rings is 1. The molecule has 104 valence electrons. The van der Waals surface area contributed by atoms with Gasteiger partial charge < -0.3 is 14.7 Å². The number of likely N-dealkylation sites (tertiary alicyclic amines) is 1. The van der Waals surface area contributed by atoms with Crippen LogP contribution in [0.25, 0.3) is 0 Å². The summed E-state index contributed by atoms with van der Waals surface area (Å²) in [6.07, 6.45) is 3.31. The summed E-state index contributed by atoms with van der Waals surface area (Å²) in [7, 11) is 2.11. The van der Waals surface area contributed by atoms with Gasteiger partial charge >= 0.3 is 5.97 Å². The summed E-state index contributed by atoms with van der Waals surface area (Å²) >= 11 is 5.88. The van der Waals surface area contributed by atoms with Crippen molar-refractivity contribution in [3.8, 4) is 5.75 Å². The lowest BCUT2D eigenvalue weighted by molar-refractivity contribution is 0.0692. The zero-order chi connectivity index (χ0) is 13.8. The van der Waals surface area contributed by atoms with Crippen molar-refractivity contribution in [2.75, 3.05) is 20.2 Å². The largest absolute Gasteiger partial charge is 0.493 e. The first-order valence-electron chi connectivity index (χ1n) is 6.44. The molecule has 0 bridgehead atoms. The molecule has 1 N–H and O–H groups in total. The molecule has 1 aromatic carbocycles. The topological polar surface area (TPSA) is 49.8 Å². The van der Waals surface area contributed by atoms with E-state index < -0.39 is 5.97 Å². The van der Waals surface area contributed by atoms with Crippen molar-refractivity contribution in [1.29, 1.82) is 0 Å². The van der Waals surface area contributed by atoms with Gasteiger partial charge in [0.05, 0.1) is 11.6 Å². The van der Waals surface area contributed by atoms with Gasteiger partial charge in [-0.15, -0.1) is 0 Å². The van der Waals surface area contributed by atoms with Gasteiger partial charge in [-0.25, -0.2) is 4.79 Å². The van der Waals surface area contributed by atoms with Gasteiger partial charge in [0, 0.05) is 6.04 Å². The van der Waals surface area contributed by atoms with Crippen LogP contribution in [-0.4, -0.2) is 42.2 Å². The zero-order valence-electron chi connectivity index (χ0n) is 10.9. The van der Waals surface area contributed by atoms with E-state index in [1.54, 1.807) is 18.2 Å². The second-order valence-electron chi connectivity index (χ2n) is 4.83. The van der Waals surface area contributed by atoms with Gasteiger partial charge in [0.2, 0.25) is 0 Å². The van der Waals surface area contributed by atoms with E-state index in [4.69, 9.17) is 21.4 Å². The standard InChI is InChI=1S/C14H18ClNO3/c1-16-8-3-4-10(16)7-9-19-12-6-2-5-11(15)13(12)14(17)18/h2,5-6,10H,3-4,7-9H2,1H3,(H,17,18). The van der Waals surface area contributed by atoms with E-state index in [0.29, 0.717) is 18.4 Å². The maximum atomic E-state index is 11.1. The maximum Gasteiger partial charge on any atom is 0.341 e. The molecule has 0 aliphatic carbocycles. The summed E-state index contributed by atoms with van der Waals surface area (Å²) in [5.41, 5.74) is 0.0453. The van der Waals surface area contributed by atoms with Crippen LogP contribution in [0.5, 0.6) is 5.75 Å². The average molecular weight is 284 g/mol. The summed E-state index contributed by atoms with van der Waals surface area (Å²) < 4.78 is 5.60. The molecule has 5 heteroatoms. The van der Waals surface area contributed by atoms with E-state index in [1.807, 2.05) is 0 Å². The van der Waals surface area contributed by atoms with Gasteiger partial charge in [-0.3, -0.25) is 0 Å². The predicted octanol–water partition coefficient (Wildman–Crippen LogP) is 2.90. The number of hydrogen-bond donors (Lipinski definition) is 1. The van der Waals surface area contributed by atoms with E-state index in [9.17, 15) is 4.79 Å². The number of halogens is 1. The maximum absolute atomic E-state index is 11.1. The minimum atomic E-state index is -1.06. The molecule has 0 amide bonds. The molecule has 1 unspecified atom stereocenters. The Morgan fingerprint density at radius 1 is 1.58 bits per heavy atom.